The van der Waals surface area contributed by atoms with Crippen molar-refractivity contribution in [2.75, 3.05) is 18.9 Å². The number of fused-ring (bicyclic) bond motifs is 1. The molecule has 0 saturated carbocycles. The summed E-state index contributed by atoms with van der Waals surface area (Å²) in [6.45, 7) is 6.04. The highest BCUT2D eigenvalue weighted by molar-refractivity contribution is 6.24. The van der Waals surface area contributed by atoms with Crippen LogP contribution in [0.2, 0.25) is 0 Å². The van der Waals surface area contributed by atoms with Crippen LogP contribution in [-0.2, 0) is 32.1 Å². The summed E-state index contributed by atoms with van der Waals surface area (Å²) < 4.78 is 19.2. The van der Waals surface area contributed by atoms with Gasteiger partial charge in [0.05, 0.1) is 17.9 Å². The van der Waals surface area contributed by atoms with Gasteiger partial charge in [-0.25, -0.2) is 4.39 Å². The third-order valence-electron chi connectivity index (χ3n) is 6.49. The fraction of sp³-hybridized carbons (Fsp3) is 0.312. The summed E-state index contributed by atoms with van der Waals surface area (Å²) in [7, 11) is 1.61. The zero-order chi connectivity index (χ0) is 29.6. The van der Waals surface area contributed by atoms with Crippen LogP contribution in [0.1, 0.15) is 55.4 Å². The molecular weight excluding hydrogens is 523 g/mol. The van der Waals surface area contributed by atoms with Crippen LogP contribution in [-0.4, -0.2) is 42.7 Å². The van der Waals surface area contributed by atoms with E-state index < -0.39 is 17.3 Å². The Bertz CT molecular complexity index is 1440. The third kappa shape index (κ3) is 8.08. The summed E-state index contributed by atoms with van der Waals surface area (Å²) in [5.41, 5.74) is 4.40. The van der Waals surface area contributed by atoms with Crippen molar-refractivity contribution in [1.82, 2.24) is 10.6 Å². The van der Waals surface area contributed by atoms with E-state index in [0.717, 1.165) is 16.7 Å². The number of amides is 2. The van der Waals surface area contributed by atoms with Gasteiger partial charge >= 0.3 is 5.97 Å². The van der Waals surface area contributed by atoms with Gasteiger partial charge in [-0.3, -0.25) is 19.4 Å². The fourth-order valence-electron chi connectivity index (χ4n) is 4.54. The molecule has 1 unspecified atom stereocenters. The van der Waals surface area contributed by atoms with Gasteiger partial charge in [-0.2, -0.15) is 0 Å². The Balaban J connectivity index is 1.57. The van der Waals surface area contributed by atoms with Gasteiger partial charge in [0.15, 0.2) is 0 Å². The Morgan fingerprint density at radius 3 is 2.34 bits per heavy atom. The van der Waals surface area contributed by atoms with E-state index in [4.69, 9.17) is 9.73 Å². The highest BCUT2D eigenvalue weighted by Crippen LogP contribution is 2.36. The average molecular weight is 559 g/mol. The van der Waals surface area contributed by atoms with Crippen LogP contribution in [0.4, 0.5) is 15.8 Å². The number of aliphatic imine (C=N–C) groups is 1. The lowest BCUT2D eigenvalue weighted by Crippen LogP contribution is -2.31. The SMILES string of the molecule is CNC(=O)CCc1ccc(C(=Nc2ccc(CNCC(=O)OC(C)(C)C)cc2)C2C(=O)Nc3cc(F)ccc32)cc1. The molecule has 3 aromatic carbocycles. The molecule has 0 aromatic heterocycles. The molecule has 1 aliphatic heterocycles. The zero-order valence-corrected chi connectivity index (χ0v) is 23.7. The summed E-state index contributed by atoms with van der Waals surface area (Å²) in [5, 5.41) is 8.49. The van der Waals surface area contributed by atoms with E-state index in [1.165, 1.54) is 12.1 Å². The van der Waals surface area contributed by atoms with E-state index in [2.05, 4.69) is 16.0 Å². The fourth-order valence-corrected chi connectivity index (χ4v) is 4.54. The average Bonchev–Trinajstić information content (AvgIpc) is 3.24. The van der Waals surface area contributed by atoms with Crippen molar-refractivity contribution in [3.63, 3.8) is 0 Å². The van der Waals surface area contributed by atoms with Crippen molar-refractivity contribution >= 4 is 34.9 Å². The normalized spacial score (nSPS) is 14.8. The minimum atomic E-state index is -0.725. The second-order valence-electron chi connectivity index (χ2n) is 10.9. The number of hydrogen-bond donors (Lipinski definition) is 3. The quantitative estimate of drug-likeness (QED) is 0.245. The molecule has 9 heteroatoms. The number of rotatable bonds is 10. The molecule has 3 aromatic rings. The summed E-state index contributed by atoms with van der Waals surface area (Å²) in [6, 6.07) is 19.4. The van der Waals surface area contributed by atoms with Gasteiger partial charge in [-0.05, 0) is 73.7 Å². The topological polar surface area (TPSA) is 109 Å². The first kappa shape index (κ1) is 29.6. The van der Waals surface area contributed by atoms with Crippen LogP contribution in [0.3, 0.4) is 0 Å². The second-order valence-corrected chi connectivity index (χ2v) is 10.9. The van der Waals surface area contributed by atoms with Gasteiger partial charge in [0, 0.05) is 25.7 Å². The summed E-state index contributed by atoms with van der Waals surface area (Å²) in [5.74, 6) is -1.79. The van der Waals surface area contributed by atoms with Crippen LogP contribution in [0, 0.1) is 5.82 Å². The largest absolute Gasteiger partial charge is 0.459 e. The van der Waals surface area contributed by atoms with Gasteiger partial charge < -0.3 is 20.7 Å². The highest BCUT2D eigenvalue weighted by atomic mass is 19.1. The first-order valence-corrected chi connectivity index (χ1v) is 13.5. The van der Waals surface area contributed by atoms with Crippen LogP contribution in [0.15, 0.2) is 71.7 Å². The third-order valence-corrected chi connectivity index (χ3v) is 6.49. The molecule has 1 heterocycles. The Morgan fingerprint density at radius 2 is 1.68 bits per heavy atom. The monoisotopic (exact) mass is 558 g/mol. The Hall–Kier alpha value is -4.37. The Labute approximate surface area is 239 Å². The number of carbonyl (C=O) groups excluding carboxylic acids is 3. The van der Waals surface area contributed by atoms with Gasteiger partial charge in [0.2, 0.25) is 11.8 Å². The standard InChI is InChI=1S/C32H35FN4O4/c1-32(2,3)41-28(39)19-35-18-21-7-13-24(14-8-21)36-30(22-10-5-20(6-11-22)9-16-27(38)34-4)29-25-15-12-23(33)17-26(25)37-31(29)40/h5-8,10-15,17,29,35H,9,16,18-19H2,1-4H3,(H,34,38)(H,37,40). The molecule has 0 spiro atoms. The number of benzene rings is 3. The number of esters is 1. The van der Waals surface area contributed by atoms with E-state index in [-0.39, 0.29) is 24.3 Å². The van der Waals surface area contributed by atoms with E-state index in [9.17, 15) is 18.8 Å². The molecule has 0 saturated heterocycles. The minimum absolute atomic E-state index is 0.0359. The zero-order valence-electron chi connectivity index (χ0n) is 23.7. The summed E-state index contributed by atoms with van der Waals surface area (Å²) >= 11 is 0. The molecular formula is C32H35FN4O4. The van der Waals surface area contributed by atoms with Crippen LogP contribution < -0.4 is 16.0 Å². The van der Waals surface area contributed by atoms with Gasteiger partial charge in [0.1, 0.15) is 17.3 Å². The van der Waals surface area contributed by atoms with Gasteiger partial charge in [-0.1, -0.05) is 42.5 Å². The van der Waals surface area contributed by atoms with Crippen molar-refractivity contribution in [3.05, 3.63) is 94.8 Å². The molecule has 1 aliphatic rings. The maximum Gasteiger partial charge on any atom is 0.320 e. The predicted octanol–water partition coefficient (Wildman–Crippen LogP) is 4.79. The van der Waals surface area contributed by atoms with E-state index in [1.807, 2.05) is 69.3 Å². The summed E-state index contributed by atoms with van der Waals surface area (Å²) in [6.07, 6.45) is 0.960. The predicted molar refractivity (Wildman–Crippen MR) is 157 cm³/mol. The Kier molecular flexibility index (Phi) is 9.29. The molecule has 2 amide bonds. The van der Waals surface area contributed by atoms with Crippen molar-refractivity contribution in [1.29, 1.82) is 0 Å². The van der Waals surface area contributed by atoms with E-state index >= 15 is 0 Å². The molecule has 4 rings (SSSR count). The number of nitrogens with one attached hydrogen (secondary N) is 3. The Morgan fingerprint density at radius 1 is 1.00 bits per heavy atom. The molecule has 0 aliphatic carbocycles. The number of hydrogen-bond acceptors (Lipinski definition) is 6. The number of ether oxygens (including phenoxy) is 1. The lowest BCUT2D eigenvalue weighted by molar-refractivity contribution is -0.153. The molecule has 1 atom stereocenters. The highest BCUT2D eigenvalue weighted by Gasteiger charge is 2.35. The molecule has 3 N–H and O–H groups in total. The molecule has 8 nitrogen and oxygen atoms in total. The van der Waals surface area contributed by atoms with Crippen molar-refractivity contribution in [3.8, 4) is 0 Å². The number of anilines is 1. The molecule has 0 radical (unpaired) electrons. The second kappa shape index (κ2) is 12.9. The molecule has 0 fully saturated rings. The van der Waals surface area contributed by atoms with E-state index in [1.54, 1.807) is 13.1 Å². The lowest BCUT2D eigenvalue weighted by Gasteiger charge is -2.19. The lowest BCUT2D eigenvalue weighted by atomic mass is 9.90. The van der Waals surface area contributed by atoms with Crippen molar-refractivity contribution in [2.24, 2.45) is 4.99 Å². The minimum Gasteiger partial charge on any atom is -0.459 e. The van der Waals surface area contributed by atoms with Gasteiger partial charge in [-0.15, -0.1) is 0 Å². The summed E-state index contributed by atoms with van der Waals surface area (Å²) in [4.78, 5) is 41.6. The number of halogens is 1. The van der Waals surface area contributed by atoms with Gasteiger partial charge in [0.25, 0.3) is 0 Å². The smallest absolute Gasteiger partial charge is 0.320 e. The first-order valence-electron chi connectivity index (χ1n) is 13.5. The molecule has 214 valence electrons. The molecule has 0 bridgehead atoms. The number of carbonyl (C=O) groups is 3. The van der Waals surface area contributed by atoms with Crippen molar-refractivity contribution in [2.45, 2.75) is 51.7 Å². The van der Waals surface area contributed by atoms with E-state index in [0.29, 0.717) is 42.0 Å². The maximum absolute atomic E-state index is 13.9. The van der Waals surface area contributed by atoms with Crippen LogP contribution in [0.5, 0.6) is 0 Å². The van der Waals surface area contributed by atoms with Crippen molar-refractivity contribution < 1.29 is 23.5 Å². The number of nitrogens with zero attached hydrogens (tertiary/aromatic N) is 1. The first-order chi connectivity index (χ1) is 19.5. The van der Waals surface area contributed by atoms with Crippen LogP contribution >= 0.6 is 0 Å². The van der Waals surface area contributed by atoms with Crippen LogP contribution in [0.25, 0.3) is 0 Å². The number of aryl methyl sites for hydroxylation is 1. The molecule has 41 heavy (non-hydrogen) atoms. The maximum atomic E-state index is 13.9.